The molecule has 0 spiro atoms. The van der Waals surface area contributed by atoms with E-state index in [0.29, 0.717) is 37.5 Å². The summed E-state index contributed by atoms with van der Waals surface area (Å²) in [5.74, 6) is -4.89. The van der Waals surface area contributed by atoms with Crippen molar-refractivity contribution in [2.75, 3.05) is 6.61 Å². The lowest BCUT2D eigenvalue weighted by Crippen LogP contribution is -2.63. The molecule has 60 atom stereocenters. The smallest absolute Gasteiger partial charge is 0.335 e. The van der Waals surface area contributed by atoms with Gasteiger partial charge in [0.15, 0.2) is 69.0 Å². The summed E-state index contributed by atoms with van der Waals surface area (Å²) in [7, 11) is 0. The van der Waals surface area contributed by atoms with Crippen LogP contribution in [0.15, 0.2) is 0 Å². The molecule has 11 aliphatic heterocycles. The van der Waals surface area contributed by atoms with E-state index < -0.39 is 214 Å². The Hall–Kier alpha value is -2.18. The van der Waals surface area contributed by atoms with Crippen LogP contribution in [-0.2, 0) is 114 Å². The average Bonchev–Trinajstić information content (AvgIpc) is 1.55. The molecule has 32 heteroatoms. The van der Waals surface area contributed by atoms with Crippen LogP contribution >= 0.6 is 0 Å². The van der Waals surface area contributed by atoms with Crippen LogP contribution in [0.3, 0.4) is 0 Å². The van der Waals surface area contributed by atoms with Crippen molar-refractivity contribution in [3.8, 4) is 0 Å². The third kappa shape index (κ3) is 23.2. The Labute approximate surface area is 811 Å². The number of hydrogen-bond donors (Lipinski definition) is 8. The molecule has 0 radical (unpaired) electrons. The van der Waals surface area contributed by atoms with Crippen molar-refractivity contribution in [3.05, 3.63) is 0 Å². The summed E-state index contributed by atoms with van der Waals surface area (Å²) in [5, 5.41) is 89.4. The van der Waals surface area contributed by atoms with Crippen molar-refractivity contribution < 1.29 is 155 Å². The number of ether oxygens (including phenoxy) is 22. The molecular weight excluding hydrogens is 1760 g/mol. The molecule has 1 aliphatic carbocycles. The lowest BCUT2D eigenvalue weighted by atomic mass is 9.78. The minimum atomic E-state index is -1.82. The quantitative estimate of drug-likeness (QED) is 0.0286. The molecule has 0 aromatic heterocycles. The topological polar surface area (TPSA) is 399 Å². The van der Waals surface area contributed by atoms with Gasteiger partial charge in [-0.15, -0.1) is 0 Å². The van der Waals surface area contributed by atoms with Gasteiger partial charge in [0.2, 0.25) is 0 Å². The lowest BCUT2D eigenvalue weighted by Gasteiger charge is -2.53. The van der Waals surface area contributed by atoms with Crippen molar-refractivity contribution in [1.29, 1.82) is 0 Å². The molecule has 0 aromatic carbocycles. The zero-order valence-corrected chi connectivity index (χ0v) is 87.7. The molecule has 12 aliphatic rings. The predicted molar refractivity (Wildman–Crippen MR) is 499 cm³/mol. The Kier molecular flexibility index (Phi) is 39.5. The summed E-state index contributed by atoms with van der Waals surface area (Å²) in [6.07, 6.45) is -22.4. The Bertz CT molecular complexity index is 3650. The normalized spacial score (nSPS) is 52.5. The van der Waals surface area contributed by atoms with E-state index in [2.05, 4.69) is 152 Å². The van der Waals surface area contributed by atoms with Gasteiger partial charge in [0, 0.05) is 59.2 Å². The maximum atomic E-state index is 13.4. The highest BCUT2D eigenvalue weighted by Gasteiger charge is 2.68. The van der Waals surface area contributed by atoms with Crippen LogP contribution < -0.4 is 0 Å². The highest BCUT2D eigenvalue weighted by atomic mass is 16.8. The van der Waals surface area contributed by atoms with Crippen LogP contribution in [0.4, 0.5) is 0 Å². The molecule has 0 bridgehead atoms. The first-order valence-corrected chi connectivity index (χ1v) is 53.2. The summed E-state index contributed by atoms with van der Waals surface area (Å²) in [6.45, 7) is 64.1. The van der Waals surface area contributed by atoms with Gasteiger partial charge in [-0.05, 0) is 137 Å². The van der Waals surface area contributed by atoms with Gasteiger partial charge in [0.25, 0.3) is 0 Å². The molecule has 25 unspecified atom stereocenters. The number of carbonyl (C=O) groups is 2. The third-order valence-corrected chi connectivity index (χ3v) is 36.3. The molecule has 790 valence electrons. The molecule has 136 heavy (non-hydrogen) atoms. The van der Waals surface area contributed by atoms with Gasteiger partial charge in [-0.1, -0.05) is 201 Å². The van der Waals surface area contributed by atoms with Crippen LogP contribution in [0, 0.1) is 124 Å². The van der Waals surface area contributed by atoms with Crippen molar-refractivity contribution in [2.45, 2.75) is 518 Å². The zero-order valence-electron chi connectivity index (χ0n) is 87.7. The molecule has 1 saturated carbocycles. The van der Waals surface area contributed by atoms with E-state index in [-0.39, 0.29) is 169 Å². The number of aliphatic hydroxyl groups is 6. The minimum Gasteiger partial charge on any atom is -0.481 e. The molecule has 11 heterocycles. The van der Waals surface area contributed by atoms with Crippen LogP contribution in [0.1, 0.15) is 279 Å². The first kappa shape index (κ1) is 113. The Morgan fingerprint density at radius 2 is 0.529 bits per heavy atom. The monoisotopic (exact) mass is 1940 g/mol. The van der Waals surface area contributed by atoms with E-state index in [1.54, 1.807) is 27.7 Å². The molecule has 0 aromatic rings. The zero-order chi connectivity index (χ0) is 100. The van der Waals surface area contributed by atoms with Crippen LogP contribution in [0.2, 0.25) is 0 Å². The average molecular weight is 1940 g/mol. The maximum absolute atomic E-state index is 13.4. The molecule has 8 N–H and O–H groups in total. The molecular formula is C104H182O32. The highest BCUT2D eigenvalue weighted by molar-refractivity contribution is 5.73. The largest absolute Gasteiger partial charge is 0.481 e. The van der Waals surface area contributed by atoms with E-state index in [1.807, 2.05) is 27.7 Å². The van der Waals surface area contributed by atoms with Crippen LogP contribution in [-0.4, -0.2) is 299 Å². The second kappa shape index (κ2) is 47.8. The van der Waals surface area contributed by atoms with E-state index in [1.165, 1.54) is 6.92 Å². The van der Waals surface area contributed by atoms with E-state index >= 15 is 0 Å². The van der Waals surface area contributed by atoms with E-state index in [0.717, 1.165) is 25.7 Å². The maximum Gasteiger partial charge on any atom is 0.335 e. The molecule has 12 rings (SSSR count). The fourth-order valence-corrected chi connectivity index (χ4v) is 24.5. The van der Waals surface area contributed by atoms with Gasteiger partial charge >= 0.3 is 11.9 Å². The molecule has 12 fully saturated rings. The molecule has 32 nitrogen and oxygen atoms in total. The first-order valence-electron chi connectivity index (χ1n) is 53.2. The number of rotatable bonds is 37. The van der Waals surface area contributed by atoms with Crippen molar-refractivity contribution >= 4 is 11.9 Å². The number of aliphatic hydroxyl groups excluding tert-OH is 5. The fourth-order valence-electron chi connectivity index (χ4n) is 24.5. The second-order valence-electron chi connectivity index (χ2n) is 44.5. The van der Waals surface area contributed by atoms with Crippen LogP contribution in [0.25, 0.3) is 0 Å². The summed E-state index contributed by atoms with van der Waals surface area (Å²) in [5.41, 5.74) is -1.52. The summed E-state index contributed by atoms with van der Waals surface area (Å²) < 4.78 is 150. The van der Waals surface area contributed by atoms with E-state index in [4.69, 9.17) is 104 Å². The van der Waals surface area contributed by atoms with Gasteiger partial charge in [-0.25, -0.2) is 4.79 Å². The van der Waals surface area contributed by atoms with Gasteiger partial charge in [0.1, 0.15) is 48.8 Å². The second-order valence-corrected chi connectivity index (χ2v) is 44.5. The summed E-state index contributed by atoms with van der Waals surface area (Å²) in [4.78, 5) is 25.9. The molecule has 0 amide bonds. The Morgan fingerprint density at radius 3 is 0.838 bits per heavy atom. The third-order valence-electron chi connectivity index (χ3n) is 36.3. The summed E-state index contributed by atoms with van der Waals surface area (Å²) >= 11 is 0. The van der Waals surface area contributed by atoms with Gasteiger partial charge < -0.3 is 145 Å². The van der Waals surface area contributed by atoms with Gasteiger partial charge in [-0.2, -0.15) is 0 Å². The number of carboxylic acids is 2. The van der Waals surface area contributed by atoms with Crippen LogP contribution in [0.5, 0.6) is 0 Å². The van der Waals surface area contributed by atoms with Gasteiger partial charge in [-0.3, -0.25) is 4.79 Å². The Balaban J connectivity index is 0.609. The summed E-state index contributed by atoms with van der Waals surface area (Å²) in [6, 6.07) is 0. The van der Waals surface area contributed by atoms with Crippen molar-refractivity contribution in [1.82, 2.24) is 0 Å². The number of carboxylic acid groups (broad SMARTS) is 2. The number of hydrogen-bond acceptors (Lipinski definition) is 30. The van der Waals surface area contributed by atoms with E-state index in [9.17, 15) is 50.4 Å². The van der Waals surface area contributed by atoms with Gasteiger partial charge in [0.05, 0.1) is 135 Å². The van der Waals surface area contributed by atoms with Crippen molar-refractivity contribution in [3.63, 3.8) is 0 Å². The highest BCUT2D eigenvalue weighted by Crippen LogP contribution is 2.56. The predicted octanol–water partition coefficient (Wildman–Crippen LogP) is 13.4. The Morgan fingerprint density at radius 1 is 0.287 bits per heavy atom. The standard InChI is InChI=1S/C104H182O32/c1-32-64-44(11)43(10)53(20)94(116-64)127-81-45(12)54(21)95(117-65(81)33-2)128-82-46(13)55(22)96(118-66(82)34-3)129-83-47(14)56(23)97(119-67(83)35-4)130-84-48(15)57(24)98(120-68(84)36-5)131-85-49(16)58(25)99(121-69(85)37-6)132-86-50(17)59(26)100(122-70(86)38-7)133-87-51(18)60(27)101(125-74(87)42-105)134-88-52(19)61(28)102(136-91(88)93(112)113)135-90-72(40-9)123-103(80(111)79(90)110)124-73(41-75(106)107)62(29)76-92(104(76,31)114)126-89-71(39-8)115-63(30)77(108)78(89)109/h43-74,76-92,94-103,105,108-111,114H,32-42H2,1-31H3,(H,106,107)(H,112,113)/t43-,44-,45+,46+,47?,48?,49+,50+,51?,52?,53?,54?,55?,56?,57?,58?,59?,60?,61?,62?,63+,64?,65?,66?,67-,68-,69?,70?,71-,72?,73+,74-,76?,77?,78?,79+,80?,81-,82-,83-,84-,85-,86-,87-,88-,89+,90+,91+,92+,94-,95-,96-,97+,98-,99-,100-,101+,102+,103-,104?/m0/s1. The molecule has 11 saturated heterocycles. The lowest BCUT2D eigenvalue weighted by molar-refractivity contribution is -0.374. The van der Waals surface area contributed by atoms with Crippen molar-refractivity contribution in [2.24, 2.45) is 124 Å². The number of aliphatic carboxylic acids is 2. The first-order chi connectivity index (χ1) is 64.3. The minimum absolute atomic E-state index is 0.00481. The SMILES string of the molecule is CCC1O[C@@H](O[C@@H]2C(CC)O[C@@H](O[C@@H]3C(CC)O[C@@H](O[C@H]4C(C)C(C)[C@@H](O[C@H]5C(C)C(C)[C@H](O[C@@H]6C(CC)O[C@@H](O[C@@H]7C(CC)O[C@@H](O[C@H]8C(C)C(C)[C@@H](O[C@H]9C(C)C(C)[C@H](O[C@@H]%10C(CC)O[C@@H](O[C@H](CC(=O)O)C(C)C%11[C@@H](O[C@H]%12C(O)C(O)[C@@H](C)O[C@H]%12CC)C%11(C)O)C(O)[C@H]%10O)O[C@H]9C(=O)O)O[C@H]8CO)C(C)[C@H]7C)C(C)[C@H]6C)O[C@H]5CC)O[C@H]4CC)C(C)[C@H]3C)C(C)[C@H]2C)C(C)[C@@H](C)[C@@H]1C. The fraction of sp³-hybridized carbons (Fsp3) is 0.981.